The van der Waals surface area contributed by atoms with Gasteiger partial charge in [0.1, 0.15) is 17.9 Å². The number of likely N-dealkylation sites (N-methyl/N-ethyl adjacent to an activating group) is 1. The Kier molecular flexibility index (Phi) is 6.91. The van der Waals surface area contributed by atoms with E-state index in [1.54, 1.807) is 20.3 Å². The third kappa shape index (κ3) is 5.13. The maximum Gasteiger partial charge on any atom is 0.231 e. The second kappa shape index (κ2) is 10.4. The second-order valence-electron chi connectivity index (χ2n) is 8.62. The van der Waals surface area contributed by atoms with Gasteiger partial charge in [-0.2, -0.15) is 0 Å². The van der Waals surface area contributed by atoms with Crippen LogP contribution in [0.15, 0.2) is 30.6 Å². The lowest BCUT2D eigenvalue weighted by atomic mass is 10.2. The number of nitrogens with zero attached hydrogens (tertiary/aromatic N) is 4. The van der Waals surface area contributed by atoms with Crippen molar-refractivity contribution in [3.8, 4) is 28.7 Å². The zero-order valence-electron chi connectivity index (χ0n) is 20.4. The Bertz CT molecular complexity index is 1180. The molecule has 1 saturated heterocycles. The molecule has 0 aliphatic carbocycles. The fraction of sp³-hybridized carbons (Fsp3) is 0.440. The zero-order valence-corrected chi connectivity index (χ0v) is 20.4. The van der Waals surface area contributed by atoms with Crippen molar-refractivity contribution in [1.82, 2.24) is 19.8 Å². The lowest BCUT2D eigenvalue weighted by Crippen LogP contribution is -2.44. The van der Waals surface area contributed by atoms with E-state index in [4.69, 9.17) is 23.7 Å². The molecule has 1 fully saturated rings. The predicted octanol–water partition coefficient (Wildman–Crippen LogP) is 3.14. The first-order valence-corrected chi connectivity index (χ1v) is 11.8. The van der Waals surface area contributed by atoms with Gasteiger partial charge in [-0.1, -0.05) is 0 Å². The summed E-state index contributed by atoms with van der Waals surface area (Å²) < 4.78 is 28.3. The Labute approximate surface area is 204 Å². The lowest BCUT2D eigenvalue weighted by molar-refractivity contribution is 0.145. The van der Waals surface area contributed by atoms with Crippen LogP contribution in [0.2, 0.25) is 0 Å². The van der Waals surface area contributed by atoms with Gasteiger partial charge in [0.05, 0.1) is 32.0 Å². The fourth-order valence-corrected chi connectivity index (χ4v) is 4.30. The SMILES string of the molecule is COc1cc(Nc2ncnc3cc(OCCCN4CCN(C)CC4)c(OC)cc23)c2c(c1)OCO2. The molecule has 2 aliphatic heterocycles. The van der Waals surface area contributed by atoms with E-state index < -0.39 is 0 Å². The maximum atomic E-state index is 6.10. The topological polar surface area (TPSA) is 90.4 Å². The molecule has 1 N–H and O–H groups in total. The minimum absolute atomic E-state index is 0.158. The first-order chi connectivity index (χ1) is 17.1. The summed E-state index contributed by atoms with van der Waals surface area (Å²) in [6.07, 6.45) is 2.47. The number of anilines is 2. The summed E-state index contributed by atoms with van der Waals surface area (Å²) in [7, 11) is 5.41. The number of ether oxygens (including phenoxy) is 5. The van der Waals surface area contributed by atoms with Gasteiger partial charge >= 0.3 is 0 Å². The number of hydrogen-bond donors (Lipinski definition) is 1. The van der Waals surface area contributed by atoms with Gasteiger partial charge in [-0.25, -0.2) is 9.97 Å². The van der Waals surface area contributed by atoms with Crippen LogP contribution in [0.3, 0.4) is 0 Å². The van der Waals surface area contributed by atoms with Gasteiger partial charge in [0.15, 0.2) is 23.0 Å². The third-order valence-corrected chi connectivity index (χ3v) is 6.33. The smallest absolute Gasteiger partial charge is 0.231 e. The summed E-state index contributed by atoms with van der Waals surface area (Å²) in [5.74, 6) is 3.80. The van der Waals surface area contributed by atoms with Crippen LogP contribution in [-0.2, 0) is 0 Å². The van der Waals surface area contributed by atoms with Crippen molar-refractivity contribution < 1.29 is 23.7 Å². The number of methoxy groups -OCH3 is 2. The van der Waals surface area contributed by atoms with E-state index in [0.29, 0.717) is 46.9 Å². The average molecular weight is 482 g/mol. The summed E-state index contributed by atoms with van der Waals surface area (Å²) in [5.41, 5.74) is 1.44. The molecule has 0 saturated carbocycles. The highest BCUT2D eigenvalue weighted by Gasteiger charge is 2.21. The lowest BCUT2D eigenvalue weighted by Gasteiger charge is -2.32. The summed E-state index contributed by atoms with van der Waals surface area (Å²) in [6, 6.07) is 7.43. The highest BCUT2D eigenvalue weighted by molar-refractivity contribution is 5.93. The number of piperazine rings is 1. The average Bonchev–Trinajstić information content (AvgIpc) is 3.36. The number of hydrogen-bond acceptors (Lipinski definition) is 10. The van der Waals surface area contributed by atoms with Crippen molar-refractivity contribution in [1.29, 1.82) is 0 Å². The van der Waals surface area contributed by atoms with Crippen molar-refractivity contribution in [2.45, 2.75) is 6.42 Å². The second-order valence-corrected chi connectivity index (χ2v) is 8.62. The number of fused-ring (bicyclic) bond motifs is 2. The van der Waals surface area contributed by atoms with Gasteiger partial charge in [0.25, 0.3) is 0 Å². The molecule has 186 valence electrons. The quantitative estimate of drug-likeness (QED) is 0.460. The maximum absolute atomic E-state index is 6.10. The number of rotatable bonds is 9. The first kappa shape index (κ1) is 23.3. The molecule has 0 spiro atoms. The first-order valence-electron chi connectivity index (χ1n) is 11.8. The normalized spacial score (nSPS) is 15.9. The van der Waals surface area contributed by atoms with Gasteiger partial charge in [-0.15, -0.1) is 0 Å². The highest BCUT2D eigenvalue weighted by atomic mass is 16.7. The van der Waals surface area contributed by atoms with Gasteiger partial charge in [0.2, 0.25) is 6.79 Å². The molecule has 0 bridgehead atoms. The summed E-state index contributed by atoms with van der Waals surface area (Å²) in [4.78, 5) is 13.8. The molecule has 2 aliphatic rings. The molecular formula is C25H31N5O5. The zero-order chi connectivity index (χ0) is 24.2. The Hall–Kier alpha value is -3.50. The highest BCUT2D eigenvalue weighted by Crippen LogP contribution is 2.44. The predicted molar refractivity (Wildman–Crippen MR) is 133 cm³/mol. The van der Waals surface area contributed by atoms with Crippen molar-refractivity contribution >= 4 is 22.4 Å². The Balaban J connectivity index is 1.32. The molecule has 0 atom stereocenters. The van der Waals surface area contributed by atoms with Crippen molar-refractivity contribution in [2.75, 3.05) is 72.7 Å². The minimum atomic E-state index is 0.158. The Morgan fingerprint density at radius 1 is 0.971 bits per heavy atom. The Morgan fingerprint density at radius 2 is 1.83 bits per heavy atom. The third-order valence-electron chi connectivity index (χ3n) is 6.33. The van der Waals surface area contributed by atoms with E-state index in [9.17, 15) is 0 Å². The summed E-state index contributed by atoms with van der Waals surface area (Å²) >= 11 is 0. The largest absolute Gasteiger partial charge is 0.497 e. The molecule has 0 unspecified atom stereocenters. The van der Waals surface area contributed by atoms with Gasteiger partial charge in [-0.3, -0.25) is 0 Å². The van der Waals surface area contributed by atoms with E-state index in [2.05, 4.69) is 32.1 Å². The number of benzene rings is 2. The van der Waals surface area contributed by atoms with E-state index in [-0.39, 0.29) is 6.79 Å². The van der Waals surface area contributed by atoms with E-state index in [0.717, 1.165) is 50.0 Å². The molecule has 0 amide bonds. The van der Waals surface area contributed by atoms with Crippen LogP contribution >= 0.6 is 0 Å². The molecule has 5 rings (SSSR count). The molecule has 0 radical (unpaired) electrons. The van der Waals surface area contributed by atoms with E-state index in [1.165, 1.54) is 6.33 Å². The van der Waals surface area contributed by atoms with Crippen LogP contribution < -0.4 is 29.0 Å². The van der Waals surface area contributed by atoms with Gasteiger partial charge in [-0.05, 0) is 19.5 Å². The standard InChI is InChI=1S/C25H31N5O5/c1-29-6-8-30(9-7-29)5-4-10-33-22-14-19-18(13-21(22)32-3)25(27-15-26-19)28-20-11-17(31-2)12-23-24(20)35-16-34-23/h11-15H,4-10,16H2,1-3H3,(H,26,27,28). The van der Waals surface area contributed by atoms with Crippen LogP contribution in [-0.4, -0.2) is 87.2 Å². The molecule has 3 aromatic rings. The molecule has 10 nitrogen and oxygen atoms in total. The van der Waals surface area contributed by atoms with Gasteiger partial charge in [0, 0.05) is 56.3 Å². The van der Waals surface area contributed by atoms with E-state index in [1.807, 2.05) is 18.2 Å². The Morgan fingerprint density at radius 3 is 2.63 bits per heavy atom. The van der Waals surface area contributed by atoms with E-state index >= 15 is 0 Å². The van der Waals surface area contributed by atoms with Crippen LogP contribution in [0.25, 0.3) is 10.9 Å². The van der Waals surface area contributed by atoms with Crippen LogP contribution in [0.5, 0.6) is 28.7 Å². The molecule has 35 heavy (non-hydrogen) atoms. The summed E-state index contributed by atoms with van der Waals surface area (Å²) in [6.45, 7) is 6.24. The van der Waals surface area contributed by atoms with Crippen LogP contribution in [0.1, 0.15) is 6.42 Å². The summed E-state index contributed by atoms with van der Waals surface area (Å²) in [5, 5.41) is 4.14. The molecule has 2 aromatic carbocycles. The van der Waals surface area contributed by atoms with Crippen molar-refractivity contribution in [3.63, 3.8) is 0 Å². The van der Waals surface area contributed by atoms with Gasteiger partial charge < -0.3 is 38.8 Å². The molecule has 3 heterocycles. The van der Waals surface area contributed by atoms with Crippen LogP contribution in [0, 0.1) is 0 Å². The molecular weight excluding hydrogens is 450 g/mol. The van der Waals surface area contributed by atoms with Crippen molar-refractivity contribution in [2.24, 2.45) is 0 Å². The minimum Gasteiger partial charge on any atom is -0.497 e. The van der Waals surface area contributed by atoms with Crippen LogP contribution in [0.4, 0.5) is 11.5 Å². The number of nitrogens with one attached hydrogen (secondary N) is 1. The molecule has 10 heteroatoms. The van der Waals surface area contributed by atoms with Crippen molar-refractivity contribution in [3.05, 3.63) is 30.6 Å². The monoisotopic (exact) mass is 481 g/mol. The fourth-order valence-electron chi connectivity index (χ4n) is 4.30. The number of aromatic nitrogens is 2. The molecule has 1 aromatic heterocycles.